The molecule has 0 aromatic rings. The van der Waals surface area contributed by atoms with Gasteiger partial charge in [-0.2, -0.15) is 5.10 Å². The van der Waals surface area contributed by atoms with Crippen molar-refractivity contribution in [1.82, 2.24) is 5.01 Å². The van der Waals surface area contributed by atoms with Crippen molar-refractivity contribution in [2.45, 2.75) is 20.8 Å². The van der Waals surface area contributed by atoms with Crippen LogP contribution in [-0.2, 0) is 0 Å². The van der Waals surface area contributed by atoms with Gasteiger partial charge in [0.15, 0.2) is 0 Å². The van der Waals surface area contributed by atoms with Crippen LogP contribution in [0, 0.1) is 5.92 Å². The van der Waals surface area contributed by atoms with E-state index in [9.17, 15) is 0 Å². The number of hydrogen-bond acceptors (Lipinski definition) is 2. The molecule has 0 fully saturated rings. The maximum Gasteiger partial charge on any atom is 0.0422 e. The number of hydrazone groups is 1. The molecule has 2 heteroatoms. The van der Waals surface area contributed by atoms with Crippen LogP contribution in [0.2, 0.25) is 0 Å². The Kier molecular flexibility index (Phi) is 1.79. The zero-order chi connectivity index (χ0) is 7.72. The van der Waals surface area contributed by atoms with Gasteiger partial charge in [-0.3, -0.25) is 5.01 Å². The number of hydrogen-bond donors (Lipinski definition) is 0. The summed E-state index contributed by atoms with van der Waals surface area (Å²) in [5, 5.41) is 6.15. The van der Waals surface area contributed by atoms with Crippen molar-refractivity contribution in [2.75, 3.05) is 7.05 Å². The van der Waals surface area contributed by atoms with Gasteiger partial charge < -0.3 is 0 Å². The molecule has 56 valence electrons. The van der Waals surface area contributed by atoms with Crippen LogP contribution in [0.15, 0.2) is 16.9 Å². The normalized spacial score (nSPS) is 26.0. The minimum absolute atomic E-state index is 0.524. The SMILES string of the molecule is CC1=CN(C)N=C(C)C1C. The fourth-order valence-electron chi connectivity index (χ4n) is 1.10. The molecule has 2 nitrogen and oxygen atoms in total. The predicted octanol–water partition coefficient (Wildman–Crippen LogP) is 1.85. The molecule has 1 atom stereocenters. The molecule has 1 unspecified atom stereocenters. The maximum absolute atomic E-state index is 4.29. The molecule has 0 bridgehead atoms. The molecule has 0 aromatic carbocycles. The van der Waals surface area contributed by atoms with Gasteiger partial charge in [-0.25, -0.2) is 0 Å². The van der Waals surface area contributed by atoms with Crippen LogP contribution in [0.1, 0.15) is 20.8 Å². The Morgan fingerprint density at radius 1 is 1.50 bits per heavy atom. The lowest BCUT2D eigenvalue weighted by Crippen LogP contribution is -2.20. The molecule has 0 amide bonds. The summed E-state index contributed by atoms with van der Waals surface area (Å²) in [7, 11) is 1.96. The van der Waals surface area contributed by atoms with Gasteiger partial charge in [0.25, 0.3) is 0 Å². The fraction of sp³-hybridized carbons (Fsp3) is 0.625. The average molecular weight is 138 g/mol. The van der Waals surface area contributed by atoms with Gasteiger partial charge >= 0.3 is 0 Å². The second kappa shape index (κ2) is 2.45. The van der Waals surface area contributed by atoms with E-state index in [2.05, 4.69) is 32.1 Å². The van der Waals surface area contributed by atoms with Crippen LogP contribution in [0.4, 0.5) is 0 Å². The smallest absolute Gasteiger partial charge is 0.0422 e. The van der Waals surface area contributed by atoms with Crippen molar-refractivity contribution in [1.29, 1.82) is 0 Å². The predicted molar refractivity (Wildman–Crippen MR) is 43.8 cm³/mol. The van der Waals surface area contributed by atoms with Gasteiger partial charge in [-0.15, -0.1) is 0 Å². The van der Waals surface area contributed by atoms with Gasteiger partial charge in [0.2, 0.25) is 0 Å². The minimum atomic E-state index is 0.524. The Hall–Kier alpha value is -0.790. The summed E-state index contributed by atoms with van der Waals surface area (Å²) in [4.78, 5) is 0. The van der Waals surface area contributed by atoms with E-state index in [4.69, 9.17) is 0 Å². The van der Waals surface area contributed by atoms with Crippen molar-refractivity contribution < 1.29 is 0 Å². The quantitative estimate of drug-likeness (QED) is 0.498. The van der Waals surface area contributed by atoms with Crippen LogP contribution >= 0.6 is 0 Å². The molecule has 1 heterocycles. The Labute approximate surface area is 62.2 Å². The molecule has 1 rings (SSSR count). The lowest BCUT2D eigenvalue weighted by Gasteiger charge is -2.22. The average Bonchev–Trinajstić information content (AvgIpc) is 1.82. The highest BCUT2D eigenvalue weighted by atomic mass is 15.4. The highest BCUT2D eigenvalue weighted by Crippen LogP contribution is 2.16. The van der Waals surface area contributed by atoms with E-state index in [1.54, 1.807) is 0 Å². The lowest BCUT2D eigenvalue weighted by atomic mass is 9.98. The van der Waals surface area contributed by atoms with Crippen molar-refractivity contribution >= 4 is 5.71 Å². The molecule has 0 spiro atoms. The summed E-state index contributed by atoms with van der Waals surface area (Å²) in [5.74, 6) is 0.524. The van der Waals surface area contributed by atoms with E-state index in [-0.39, 0.29) is 0 Å². The van der Waals surface area contributed by atoms with E-state index in [1.165, 1.54) is 11.3 Å². The Bertz CT molecular complexity index is 171. The molecule has 0 saturated carbocycles. The van der Waals surface area contributed by atoms with Crippen molar-refractivity contribution in [3.63, 3.8) is 0 Å². The Morgan fingerprint density at radius 3 is 2.60 bits per heavy atom. The molecule has 0 aliphatic carbocycles. The van der Waals surface area contributed by atoms with E-state index < -0.39 is 0 Å². The zero-order valence-corrected chi connectivity index (χ0v) is 7.05. The van der Waals surface area contributed by atoms with E-state index in [1.807, 2.05) is 12.1 Å². The second-order valence-corrected chi connectivity index (χ2v) is 2.91. The Morgan fingerprint density at radius 2 is 2.10 bits per heavy atom. The fourth-order valence-corrected chi connectivity index (χ4v) is 1.10. The van der Waals surface area contributed by atoms with Crippen molar-refractivity contribution in [3.05, 3.63) is 11.8 Å². The monoisotopic (exact) mass is 138 g/mol. The first-order chi connectivity index (χ1) is 4.61. The van der Waals surface area contributed by atoms with Crippen LogP contribution in [0.5, 0.6) is 0 Å². The summed E-state index contributed by atoms with van der Waals surface area (Å²) in [6.45, 7) is 6.38. The lowest BCUT2D eigenvalue weighted by molar-refractivity contribution is 0.464. The molecule has 0 saturated heterocycles. The summed E-state index contributed by atoms with van der Waals surface area (Å²) < 4.78 is 0. The number of nitrogens with zero attached hydrogens (tertiary/aromatic N) is 2. The van der Waals surface area contributed by atoms with Gasteiger partial charge in [-0.05, 0) is 19.4 Å². The molecule has 0 radical (unpaired) electrons. The van der Waals surface area contributed by atoms with Crippen molar-refractivity contribution in [3.8, 4) is 0 Å². The third kappa shape index (κ3) is 1.20. The van der Waals surface area contributed by atoms with Crippen LogP contribution in [0.25, 0.3) is 0 Å². The Balaban J connectivity index is 2.83. The summed E-state index contributed by atoms with van der Waals surface area (Å²) >= 11 is 0. The largest absolute Gasteiger partial charge is 0.276 e. The first-order valence-corrected chi connectivity index (χ1v) is 3.57. The first kappa shape index (κ1) is 7.32. The minimum Gasteiger partial charge on any atom is -0.276 e. The topological polar surface area (TPSA) is 15.6 Å². The van der Waals surface area contributed by atoms with Gasteiger partial charge in [0.1, 0.15) is 0 Å². The third-order valence-electron chi connectivity index (χ3n) is 2.02. The van der Waals surface area contributed by atoms with E-state index in [0.717, 1.165) is 0 Å². The molecule has 10 heavy (non-hydrogen) atoms. The van der Waals surface area contributed by atoms with E-state index in [0.29, 0.717) is 5.92 Å². The van der Waals surface area contributed by atoms with Gasteiger partial charge in [-0.1, -0.05) is 6.92 Å². The van der Waals surface area contributed by atoms with Crippen LogP contribution < -0.4 is 0 Å². The van der Waals surface area contributed by atoms with Gasteiger partial charge in [0, 0.05) is 24.9 Å². The summed E-state index contributed by atoms with van der Waals surface area (Å²) in [5.41, 5.74) is 2.58. The van der Waals surface area contributed by atoms with Crippen molar-refractivity contribution in [2.24, 2.45) is 11.0 Å². The maximum atomic E-state index is 4.29. The first-order valence-electron chi connectivity index (χ1n) is 3.57. The van der Waals surface area contributed by atoms with E-state index >= 15 is 0 Å². The second-order valence-electron chi connectivity index (χ2n) is 2.91. The summed E-state index contributed by atoms with van der Waals surface area (Å²) in [6.07, 6.45) is 2.07. The molecule has 0 aromatic heterocycles. The molecular weight excluding hydrogens is 124 g/mol. The number of allylic oxidation sites excluding steroid dienone is 1. The van der Waals surface area contributed by atoms with Crippen LogP contribution in [0.3, 0.4) is 0 Å². The highest BCUT2D eigenvalue weighted by Gasteiger charge is 2.12. The third-order valence-corrected chi connectivity index (χ3v) is 2.02. The zero-order valence-electron chi connectivity index (χ0n) is 7.05. The number of rotatable bonds is 0. The standard InChI is InChI=1S/C8H14N2/c1-6-5-10(4)9-8(3)7(6)2/h5,7H,1-4H3. The van der Waals surface area contributed by atoms with Gasteiger partial charge in [0.05, 0.1) is 0 Å². The summed E-state index contributed by atoms with van der Waals surface area (Å²) in [6, 6.07) is 0. The molecule has 0 N–H and O–H groups in total. The highest BCUT2D eigenvalue weighted by molar-refractivity contribution is 5.86. The molecule has 1 aliphatic heterocycles. The molecular formula is C8H14N2. The molecule has 1 aliphatic rings. The van der Waals surface area contributed by atoms with Crippen LogP contribution in [-0.4, -0.2) is 17.8 Å².